The van der Waals surface area contributed by atoms with E-state index >= 15 is 0 Å². The monoisotopic (exact) mass is 260 g/mol. The zero-order valence-electron chi connectivity index (χ0n) is 12.1. The molecule has 0 saturated carbocycles. The maximum absolute atomic E-state index is 10.6. The van der Waals surface area contributed by atoms with Gasteiger partial charge in [-0.1, -0.05) is 0 Å². The summed E-state index contributed by atoms with van der Waals surface area (Å²) in [6, 6.07) is 3.94. The van der Waals surface area contributed by atoms with Gasteiger partial charge in [-0.2, -0.15) is 5.10 Å². The molecule has 0 bridgehead atoms. The van der Waals surface area contributed by atoms with E-state index in [1.807, 2.05) is 46.1 Å². The smallest absolute Gasteiger partial charge is 0.122 e. The van der Waals surface area contributed by atoms with E-state index in [2.05, 4.69) is 5.10 Å². The van der Waals surface area contributed by atoms with Crippen LogP contribution in [0.4, 0.5) is 0 Å². The van der Waals surface area contributed by atoms with E-state index in [1.165, 1.54) is 0 Å². The van der Waals surface area contributed by atoms with E-state index in [0.29, 0.717) is 0 Å². The summed E-state index contributed by atoms with van der Waals surface area (Å²) in [4.78, 5) is 0. The number of hydrogen-bond donors (Lipinski definition) is 1. The number of nitrogens with zero attached hydrogens (tertiary/aromatic N) is 2. The summed E-state index contributed by atoms with van der Waals surface area (Å²) in [6.45, 7) is 5.86. The van der Waals surface area contributed by atoms with Crippen molar-refractivity contribution in [3.63, 3.8) is 0 Å². The van der Waals surface area contributed by atoms with E-state index in [9.17, 15) is 5.11 Å². The molecule has 0 spiro atoms. The average Bonchev–Trinajstić information content (AvgIpc) is 2.70. The third kappa shape index (κ3) is 2.49. The van der Waals surface area contributed by atoms with Gasteiger partial charge in [0.25, 0.3) is 0 Å². The lowest BCUT2D eigenvalue weighted by atomic mass is 9.96. The van der Waals surface area contributed by atoms with Crippen LogP contribution in [0.2, 0.25) is 0 Å². The Bertz CT molecular complexity index is 602. The highest BCUT2D eigenvalue weighted by molar-refractivity contribution is 5.45. The van der Waals surface area contributed by atoms with Crippen molar-refractivity contribution in [3.8, 4) is 5.75 Å². The van der Waals surface area contributed by atoms with Gasteiger partial charge in [0.05, 0.1) is 12.8 Å². The summed E-state index contributed by atoms with van der Waals surface area (Å²) in [5, 5.41) is 14.8. The Morgan fingerprint density at radius 2 is 1.84 bits per heavy atom. The molecule has 0 fully saturated rings. The van der Waals surface area contributed by atoms with Crippen LogP contribution in [0.5, 0.6) is 5.75 Å². The number of aryl methyl sites for hydroxylation is 4. The lowest BCUT2D eigenvalue weighted by Crippen LogP contribution is -2.04. The van der Waals surface area contributed by atoms with Gasteiger partial charge in [0.15, 0.2) is 0 Å². The first kappa shape index (κ1) is 13.6. The molecule has 2 aromatic rings. The summed E-state index contributed by atoms with van der Waals surface area (Å²) in [7, 11) is 3.51. The summed E-state index contributed by atoms with van der Waals surface area (Å²) in [6.07, 6.45) is 1.21. The third-order valence-electron chi connectivity index (χ3n) is 3.42. The Balaban J connectivity index is 2.47. The Morgan fingerprint density at radius 1 is 1.16 bits per heavy atom. The fourth-order valence-corrected chi connectivity index (χ4v) is 2.38. The molecule has 2 rings (SSSR count). The molecule has 1 aromatic heterocycles. The average molecular weight is 260 g/mol. The van der Waals surface area contributed by atoms with Gasteiger partial charge in [0.1, 0.15) is 11.9 Å². The van der Waals surface area contributed by atoms with E-state index in [4.69, 9.17) is 4.74 Å². The highest BCUT2D eigenvalue weighted by atomic mass is 16.5. The predicted octanol–water partition coefficient (Wildman–Crippen LogP) is 2.44. The minimum Gasteiger partial charge on any atom is -0.496 e. The minimum atomic E-state index is -0.654. The number of methoxy groups -OCH3 is 1. The fourth-order valence-electron chi connectivity index (χ4n) is 2.38. The number of aromatic nitrogens is 2. The van der Waals surface area contributed by atoms with Gasteiger partial charge in [0.2, 0.25) is 0 Å². The number of rotatable bonds is 3. The number of ether oxygens (including phenoxy) is 1. The zero-order chi connectivity index (χ0) is 14.2. The number of aliphatic hydroxyl groups is 1. The molecule has 1 aromatic carbocycles. The van der Waals surface area contributed by atoms with Crippen LogP contribution in [-0.2, 0) is 7.05 Å². The van der Waals surface area contributed by atoms with Crippen LogP contribution in [-0.4, -0.2) is 22.0 Å². The summed E-state index contributed by atoms with van der Waals surface area (Å²) in [5.74, 6) is 0.844. The van der Waals surface area contributed by atoms with Crippen LogP contribution < -0.4 is 4.74 Å². The molecule has 4 heteroatoms. The lowest BCUT2D eigenvalue weighted by molar-refractivity contribution is 0.218. The van der Waals surface area contributed by atoms with Crippen LogP contribution in [0.25, 0.3) is 0 Å². The first-order valence-electron chi connectivity index (χ1n) is 6.27. The normalized spacial score (nSPS) is 12.5. The van der Waals surface area contributed by atoms with Crippen molar-refractivity contribution in [1.82, 2.24) is 9.78 Å². The van der Waals surface area contributed by atoms with Crippen LogP contribution in [0.3, 0.4) is 0 Å². The molecule has 102 valence electrons. The SMILES string of the molecule is COc1cc(C)c(C(O)c2cn(C)nc2C)cc1C. The van der Waals surface area contributed by atoms with Gasteiger partial charge in [0, 0.05) is 18.8 Å². The first-order valence-corrected chi connectivity index (χ1v) is 6.27. The van der Waals surface area contributed by atoms with Crippen molar-refractivity contribution >= 4 is 0 Å². The molecule has 0 aliphatic carbocycles. The quantitative estimate of drug-likeness (QED) is 0.922. The standard InChI is InChI=1S/C15H20N2O2/c1-9-7-14(19-5)10(2)6-12(9)15(18)13-8-17(4)16-11(13)3/h6-8,15,18H,1-5H3. The zero-order valence-corrected chi connectivity index (χ0v) is 12.1. The Morgan fingerprint density at radius 3 is 2.37 bits per heavy atom. The van der Waals surface area contributed by atoms with E-state index in [-0.39, 0.29) is 0 Å². The van der Waals surface area contributed by atoms with Crippen LogP contribution in [0.1, 0.15) is 34.1 Å². The fraction of sp³-hybridized carbons (Fsp3) is 0.400. The molecule has 4 nitrogen and oxygen atoms in total. The van der Waals surface area contributed by atoms with Crippen molar-refractivity contribution in [3.05, 3.63) is 46.3 Å². The summed E-state index contributed by atoms with van der Waals surface area (Å²) < 4.78 is 7.02. The van der Waals surface area contributed by atoms with Gasteiger partial charge >= 0.3 is 0 Å². The van der Waals surface area contributed by atoms with E-state index in [1.54, 1.807) is 11.8 Å². The molecule has 1 atom stereocenters. The second-order valence-corrected chi connectivity index (χ2v) is 4.92. The second kappa shape index (κ2) is 5.05. The molecular formula is C15H20N2O2. The number of aliphatic hydroxyl groups excluding tert-OH is 1. The molecule has 0 radical (unpaired) electrons. The maximum Gasteiger partial charge on any atom is 0.122 e. The first-order chi connectivity index (χ1) is 8.93. The Hall–Kier alpha value is -1.81. The molecule has 19 heavy (non-hydrogen) atoms. The second-order valence-electron chi connectivity index (χ2n) is 4.92. The van der Waals surface area contributed by atoms with Gasteiger partial charge in [-0.25, -0.2) is 0 Å². The van der Waals surface area contributed by atoms with Gasteiger partial charge in [-0.05, 0) is 49.6 Å². The van der Waals surface area contributed by atoms with Crippen molar-refractivity contribution in [2.45, 2.75) is 26.9 Å². The number of hydrogen-bond acceptors (Lipinski definition) is 3. The topological polar surface area (TPSA) is 47.3 Å². The largest absolute Gasteiger partial charge is 0.496 e. The van der Waals surface area contributed by atoms with E-state index < -0.39 is 6.10 Å². The Labute approximate surface area is 113 Å². The predicted molar refractivity (Wildman–Crippen MR) is 74.5 cm³/mol. The summed E-state index contributed by atoms with van der Waals surface area (Å²) >= 11 is 0. The molecule has 1 N–H and O–H groups in total. The van der Waals surface area contributed by atoms with Crippen LogP contribution >= 0.6 is 0 Å². The van der Waals surface area contributed by atoms with Crippen molar-refractivity contribution in [1.29, 1.82) is 0 Å². The molecule has 0 amide bonds. The lowest BCUT2D eigenvalue weighted by Gasteiger charge is -2.16. The van der Waals surface area contributed by atoms with Gasteiger partial charge < -0.3 is 9.84 Å². The highest BCUT2D eigenvalue weighted by Crippen LogP contribution is 2.31. The van der Waals surface area contributed by atoms with Crippen molar-refractivity contribution in [2.24, 2.45) is 7.05 Å². The molecule has 1 unspecified atom stereocenters. The third-order valence-corrected chi connectivity index (χ3v) is 3.42. The maximum atomic E-state index is 10.6. The van der Waals surface area contributed by atoms with Crippen LogP contribution in [0.15, 0.2) is 18.3 Å². The number of benzene rings is 1. The van der Waals surface area contributed by atoms with Crippen LogP contribution in [0, 0.1) is 20.8 Å². The Kier molecular flexibility index (Phi) is 3.62. The van der Waals surface area contributed by atoms with Gasteiger partial charge in [-0.15, -0.1) is 0 Å². The molecule has 1 heterocycles. The minimum absolute atomic E-state index is 0.654. The van der Waals surface area contributed by atoms with Gasteiger partial charge in [-0.3, -0.25) is 4.68 Å². The molecule has 0 aliphatic heterocycles. The molecular weight excluding hydrogens is 240 g/mol. The summed E-state index contributed by atoms with van der Waals surface area (Å²) in [5.41, 5.74) is 4.62. The molecule has 0 saturated heterocycles. The molecule has 0 aliphatic rings. The highest BCUT2D eigenvalue weighted by Gasteiger charge is 2.18. The van der Waals surface area contributed by atoms with E-state index in [0.717, 1.165) is 33.7 Å². The van der Waals surface area contributed by atoms with Crippen molar-refractivity contribution in [2.75, 3.05) is 7.11 Å². The van der Waals surface area contributed by atoms with Crippen molar-refractivity contribution < 1.29 is 9.84 Å².